The third-order valence-corrected chi connectivity index (χ3v) is 9.90. The Hall–Kier alpha value is -3.65. The van der Waals surface area contributed by atoms with Crippen molar-refractivity contribution in [2.24, 2.45) is 17.8 Å². The van der Waals surface area contributed by atoms with E-state index < -0.39 is 54.0 Å². The number of ether oxygens (including phenoxy) is 1. The Kier molecular flexibility index (Phi) is 13.1. The second-order valence-electron chi connectivity index (χ2n) is 13.6. The van der Waals surface area contributed by atoms with E-state index >= 15 is 0 Å². The number of esters is 1. The zero-order valence-electron chi connectivity index (χ0n) is 28.1. The molecule has 5 rings (SSSR count). The van der Waals surface area contributed by atoms with Crippen LogP contribution in [0.25, 0.3) is 0 Å². The molecule has 264 valence electrons. The summed E-state index contributed by atoms with van der Waals surface area (Å²) in [6.07, 6.45) is 11.1. The Balaban J connectivity index is 0.000000229. The van der Waals surface area contributed by atoms with E-state index in [2.05, 4.69) is 20.6 Å². The predicted octanol–water partition coefficient (Wildman–Crippen LogP) is 2.80. The van der Waals surface area contributed by atoms with Gasteiger partial charge in [-0.1, -0.05) is 56.3 Å². The number of aliphatic hydroxyl groups is 1. The Morgan fingerprint density at radius 2 is 1.92 bits per heavy atom. The third-order valence-electron chi connectivity index (χ3n) is 9.68. The van der Waals surface area contributed by atoms with Crippen molar-refractivity contribution in [1.29, 1.82) is 0 Å². The van der Waals surface area contributed by atoms with Crippen LogP contribution in [0, 0.1) is 17.8 Å². The summed E-state index contributed by atoms with van der Waals surface area (Å²) in [4.78, 5) is 57.7. The van der Waals surface area contributed by atoms with E-state index in [0.717, 1.165) is 24.8 Å². The minimum absolute atomic E-state index is 0.0336. The van der Waals surface area contributed by atoms with E-state index in [1.807, 2.05) is 56.3 Å². The van der Waals surface area contributed by atoms with Crippen LogP contribution in [-0.2, 0) is 25.5 Å². The van der Waals surface area contributed by atoms with Crippen molar-refractivity contribution in [3.05, 3.63) is 72.3 Å². The highest BCUT2D eigenvalue weighted by Crippen LogP contribution is 2.53. The second kappa shape index (κ2) is 16.8. The summed E-state index contributed by atoms with van der Waals surface area (Å²) < 4.78 is 5.34. The largest absolute Gasteiger partial charge is 0.455 e. The number of carbonyl (C=O) groups excluding carboxylic acids is 4. The molecule has 0 radical (unpaired) electrons. The normalized spacial score (nSPS) is 25.8. The van der Waals surface area contributed by atoms with Crippen LogP contribution in [-0.4, -0.2) is 85.0 Å². The summed E-state index contributed by atoms with van der Waals surface area (Å²) in [7, 11) is -1.58. The van der Waals surface area contributed by atoms with Crippen LogP contribution >= 0.6 is 11.6 Å². The van der Waals surface area contributed by atoms with E-state index in [1.54, 1.807) is 6.92 Å². The molecule has 12 nitrogen and oxygen atoms in total. The van der Waals surface area contributed by atoms with Gasteiger partial charge in [0.05, 0.1) is 24.3 Å². The first kappa shape index (κ1) is 38.2. The van der Waals surface area contributed by atoms with Gasteiger partial charge in [-0.25, -0.2) is 9.78 Å². The molecule has 7 atom stereocenters. The van der Waals surface area contributed by atoms with Crippen molar-refractivity contribution in [3.63, 3.8) is 0 Å². The highest BCUT2D eigenvalue weighted by Gasteiger charge is 2.79. The number of fused-ring (bicyclic) bond motifs is 1. The van der Waals surface area contributed by atoms with Gasteiger partial charge >= 0.3 is 13.1 Å². The molecule has 1 aliphatic carbocycles. The van der Waals surface area contributed by atoms with Gasteiger partial charge in [0, 0.05) is 36.4 Å². The Morgan fingerprint density at radius 3 is 2.49 bits per heavy atom. The molecule has 2 amide bonds. The summed E-state index contributed by atoms with van der Waals surface area (Å²) in [5.41, 5.74) is -1.33. The maximum absolute atomic E-state index is 12.9. The molecule has 2 aliphatic heterocycles. The van der Waals surface area contributed by atoms with Gasteiger partial charge in [-0.05, 0) is 56.9 Å². The molecule has 0 spiro atoms. The number of hydrogen-bond donors (Lipinski definition) is 5. The van der Waals surface area contributed by atoms with Crippen LogP contribution in [0.2, 0.25) is 5.82 Å². The van der Waals surface area contributed by atoms with Crippen molar-refractivity contribution in [1.82, 2.24) is 20.6 Å². The van der Waals surface area contributed by atoms with E-state index in [4.69, 9.17) is 16.3 Å². The van der Waals surface area contributed by atoms with E-state index in [9.17, 15) is 34.3 Å². The summed E-state index contributed by atoms with van der Waals surface area (Å²) in [5, 5.41) is 35.5. The topological polar surface area (TPSA) is 188 Å². The molecule has 0 bridgehead atoms. The van der Waals surface area contributed by atoms with E-state index in [-0.39, 0.29) is 35.6 Å². The molecule has 2 fully saturated rings. The van der Waals surface area contributed by atoms with Crippen LogP contribution in [0.15, 0.2) is 61.1 Å². The lowest BCUT2D eigenvalue weighted by Crippen LogP contribution is -2.80. The first-order chi connectivity index (χ1) is 23.3. The van der Waals surface area contributed by atoms with Gasteiger partial charge in [-0.2, -0.15) is 0 Å². The quantitative estimate of drug-likeness (QED) is 0.0851. The number of alkyl halides is 1. The van der Waals surface area contributed by atoms with Gasteiger partial charge in [0.2, 0.25) is 11.4 Å². The van der Waals surface area contributed by atoms with Gasteiger partial charge in [0.15, 0.2) is 11.4 Å². The van der Waals surface area contributed by atoms with E-state index in [0.29, 0.717) is 25.1 Å². The minimum atomic E-state index is -1.58. The highest BCUT2D eigenvalue weighted by molar-refractivity contribution is 6.43. The molecule has 3 heterocycles. The SMILES string of the molecule is CC(C)C[C@H](CC(=O)C(Cc1ccccc1)NC(=O)c1cnccn1)B(O)O.C[C@@]12OC(=O)C1([C@@H](O)[C@@H]1C=CCCC1)NC(=O)C2CCCl. The number of halogens is 1. The molecule has 3 aliphatic rings. The number of aromatic nitrogens is 2. The van der Waals surface area contributed by atoms with Crippen molar-refractivity contribution in [3.8, 4) is 0 Å². The summed E-state index contributed by atoms with van der Waals surface area (Å²) in [6, 6.07) is 8.55. The predicted molar refractivity (Wildman–Crippen MR) is 183 cm³/mol. The smallest absolute Gasteiger partial charge is 0.453 e. The highest BCUT2D eigenvalue weighted by atomic mass is 35.5. The number of carbonyl (C=O) groups is 4. The lowest BCUT2D eigenvalue weighted by atomic mass is 9.64. The molecular formula is C35H46BClN4O8. The molecule has 1 aromatic carbocycles. The first-order valence-corrected chi connectivity index (χ1v) is 17.3. The van der Waals surface area contributed by atoms with Crippen LogP contribution < -0.4 is 10.6 Å². The number of nitrogens with zero attached hydrogens (tertiary/aromatic N) is 2. The van der Waals surface area contributed by atoms with Crippen LogP contribution in [0.3, 0.4) is 0 Å². The summed E-state index contributed by atoms with van der Waals surface area (Å²) in [6.45, 7) is 5.63. The molecule has 49 heavy (non-hydrogen) atoms. The van der Waals surface area contributed by atoms with Crippen LogP contribution in [0.4, 0.5) is 0 Å². The molecule has 5 N–H and O–H groups in total. The zero-order chi connectivity index (χ0) is 35.8. The molecular weight excluding hydrogens is 651 g/mol. The Labute approximate surface area is 292 Å². The third kappa shape index (κ3) is 8.57. The monoisotopic (exact) mass is 696 g/mol. The Morgan fingerprint density at radius 1 is 1.18 bits per heavy atom. The van der Waals surface area contributed by atoms with Gasteiger partial charge in [-0.15, -0.1) is 11.6 Å². The van der Waals surface area contributed by atoms with Gasteiger partial charge < -0.3 is 30.5 Å². The molecule has 0 saturated carbocycles. The van der Waals surface area contributed by atoms with Gasteiger partial charge in [-0.3, -0.25) is 19.4 Å². The van der Waals surface area contributed by atoms with Crippen molar-refractivity contribution in [2.75, 3.05) is 5.88 Å². The number of rotatable bonds is 14. The molecule has 14 heteroatoms. The number of Topliss-reactive ketones (excluding diaryl/α,β-unsaturated/α-hetero) is 1. The average Bonchev–Trinajstić information content (AvgIpc) is 3.26. The Bertz CT molecular complexity index is 1480. The summed E-state index contributed by atoms with van der Waals surface area (Å²) in [5.74, 6) is -2.26. The maximum atomic E-state index is 12.9. The maximum Gasteiger partial charge on any atom is 0.455 e. The second-order valence-corrected chi connectivity index (χ2v) is 13.9. The summed E-state index contributed by atoms with van der Waals surface area (Å²) >= 11 is 5.76. The standard InChI is InChI=1S/C20H26BN3O4.C15H20ClNO4/c1-14(2)10-16(21(27)28)12-19(25)17(11-15-6-4-3-5-7-15)24-20(26)18-13-22-8-9-23-18;1-14-10(7-8-16)12(19)17-15(14,13(20)21-14)11(18)9-5-3-2-4-6-9/h3-9,13-14,16-17,27-28H,10-12H2,1-2H3,(H,24,26);3,5,9-11,18H,2,4,6-8H2,1H3,(H,17,19)/t16-,17?;9-,10?,11+,14+,15?/m11/s1. The number of benzene rings is 1. The number of hydrogen-bond acceptors (Lipinski definition) is 10. The van der Waals surface area contributed by atoms with Crippen molar-refractivity contribution in [2.45, 2.75) is 94.8 Å². The average molecular weight is 697 g/mol. The number of amides is 2. The van der Waals surface area contributed by atoms with Crippen LogP contribution in [0.5, 0.6) is 0 Å². The minimum Gasteiger partial charge on any atom is -0.453 e. The number of ketones is 1. The zero-order valence-corrected chi connectivity index (χ0v) is 28.9. The van der Waals surface area contributed by atoms with E-state index in [1.165, 1.54) is 18.6 Å². The molecule has 3 unspecified atom stereocenters. The van der Waals surface area contributed by atoms with Gasteiger partial charge in [0.25, 0.3) is 5.91 Å². The molecule has 2 aromatic rings. The van der Waals surface area contributed by atoms with Crippen molar-refractivity contribution >= 4 is 42.3 Å². The number of allylic oxidation sites excluding steroid dienone is 1. The number of nitrogens with one attached hydrogen (secondary N) is 2. The fourth-order valence-corrected chi connectivity index (χ4v) is 7.27. The fourth-order valence-electron chi connectivity index (χ4n) is 7.05. The lowest BCUT2D eigenvalue weighted by Gasteiger charge is -2.54. The molecule has 1 aromatic heterocycles. The van der Waals surface area contributed by atoms with Crippen molar-refractivity contribution < 1.29 is 39.1 Å². The first-order valence-electron chi connectivity index (χ1n) is 16.8. The molecule has 2 saturated heterocycles. The number of aliphatic hydroxyl groups excluding tert-OH is 1. The fraction of sp³-hybridized carbons (Fsp3) is 0.543. The lowest BCUT2D eigenvalue weighted by molar-refractivity contribution is -0.238. The van der Waals surface area contributed by atoms with Gasteiger partial charge in [0.1, 0.15) is 5.69 Å². The van der Waals surface area contributed by atoms with Crippen LogP contribution in [0.1, 0.15) is 75.3 Å².